The van der Waals surface area contributed by atoms with Crippen molar-refractivity contribution in [1.29, 1.82) is 0 Å². The molecule has 0 heterocycles. The maximum absolute atomic E-state index is 12.4. The number of anilines is 2. The summed E-state index contributed by atoms with van der Waals surface area (Å²) in [5, 5.41) is 11.3. The molecule has 2 aromatic carbocycles. The first-order valence-corrected chi connectivity index (χ1v) is 10.5. The van der Waals surface area contributed by atoms with E-state index in [-0.39, 0.29) is 17.7 Å². The van der Waals surface area contributed by atoms with Gasteiger partial charge in [-0.15, -0.1) is 0 Å². The quantitative estimate of drug-likeness (QED) is 0.302. The summed E-state index contributed by atoms with van der Waals surface area (Å²) in [5.74, 6) is -0.628. The smallest absolute Gasteiger partial charge is 0.251 e. The van der Waals surface area contributed by atoms with Gasteiger partial charge in [0.15, 0.2) is 0 Å². The normalized spacial score (nSPS) is 10.5. The van der Waals surface area contributed by atoms with Crippen LogP contribution < -0.4 is 15.7 Å². The van der Waals surface area contributed by atoms with E-state index in [0.29, 0.717) is 30.6 Å². The number of carbonyl (C=O) groups excluding carboxylic acids is 3. The van der Waals surface area contributed by atoms with Gasteiger partial charge in [0.05, 0.1) is 5.69 Å². The summed E-state index contributed by atoms with van der Waals surface area (Å²) in [6, 6.07) is 12.9. The monoisotopic (exact) mass is 425 g/mol. The molecule has 0 saturated carbocycles. The Morgan fingerprint density at radius 1 is 0.903 bits per heavy atom. The predicted molar refractivity (Wildman–Crippen MR) is 121 cm³/mol. The van der Waals surface area contributed by atoms with Crippen molar-refractivity contribution in [2.75, 3.05) is 11.4 Å². The van der Waals surface area contributed by atoms with Gasteiger partial charge in [-0.05, 0) is 62.1 Å². The summed E-state index contributed by atoms with van der Waals surface area (Å²) < 4.78 is 0. The zero-order chi connectivity index (χ0) is 22.8. The maximum Gasteiger partial charge on any atom is 0.251 e. The van der Waals surface area contributed by atoms with E-state index in [0.717, 1.165) is 36.1 Å². The molecule has 31 heavy (non-hydrogen) atoms. The van der Waals surface area contributed by atoms with Gasteiger partial charge in [0.1, 0.15) is 0 Å². The van der Waals surface area contributed by atoms with Crippen LogP contribution in [0.1, 0.15) is 60.5 Å². The van der Waals surface area contributed by atoms with Crippen LogP contribution in [0, 0.1) is 13.8 Å². The highest BCUT2D eigenvalue weighted by molar-refractivity contribution is 6.01. The molecule has 7 nitrogen and oxygen atoms in total. The second kappa shape index (κ2) is 11.9. The number of nitrogens with zero attached hydrogens (tertiary/aromatic N) is 1. The number of aryl methyl sites for hydroxylation is 2. The Bertz CT molecular complexity index is 889. The van der Waals surface area contributed by atoms with Gasteiger partial charge in [-0.25, -0.2) is 5.48 Å². The van der Waals surface area contributed by atoms with Crippen LogP contribution in [0.15, 0.2) is 42.5 Å². The standard InChI is InChI=1S/C24H31N3O4/c1-17-9-8-10-18(2)23(17)27(19(3)28)21-14-12-20(13-15-21)24(30)25-16-7-5-4-6-11-22(29)26-31/h8-10,12-15,31H,4-7,11,16H2,1-3H3,(H,25,30)(H,26,29). The third-order valence-corrected chi connectivity index (χ3v) is 5.11. The molecule has 0 spiro atoms. The molecule has 3 amide bonds. The van der Waals surface area contributed by atoms with Crippen LogP contribution in [0.3, 0.4) is 0 Å². The van der Waals surface area contributed by atoms with E-state index >= 15 is 0 Å². The van der Waals surface area contributed by atoms with E-state index < -0.39 is 0 Å². The van der Waals surface area contributed by atoms with E-state index in [1.165, 1.54) is 6.92 Å². The molecule has 0 aliphatic heterocycles. The molecule has 0 radical (unpaired) electrons. The van der Waals surface area contributed by atoms with E-state index in [9.17, 15) is 14.4 Å². The van der Waals surface area contributed by atoms with Crippen molar-refractivity contribution in [3.8, 4) is 0 Å². The van der Waals surface area contributed by atoms with Gasteiger partial charge >= 0.3 is 0 Å². The summed E-state index contributed by atoms with van der Waals surface area (Å²) in [6.45, 7) is 6.03. The Kier molecular flexibility index (Phi) is 9.21. The lowest BCUT2D eigenvalue weighted by atomic mass is 10.1. The lowest BCUT2D eigenvalue weighted by Crippen LogP contribution is -2.26. The maximum atomic E-state index is 12.4. The summed E-state index contributed by atoms with van der Waals surface area (Å²) >= 11 is 0. The minimum Gasteiger partial charge on any atom is -0.352 e. The molecule has 166 valence electrons. The van der Waals surface area contributed by atoms with Gasteiger partial charge in [-0.2, -0.15) is 0 Å². The van der Waals surface area contributed by atoms with E-state index in [2.05, 4.69) is 5.32 Å². The van der Waals surface area contributed by atoms with E-state index in [1.807, 2.05) is 32.0 Å². The first-order valence-electron chi connectivity index (χ1n) is 10.5. The lowest BCUT2D eigenvalue weighted by Gasteiger charge is -2.25. The Morgan fingerprint density at radius 3 is 2.10 bits per heavy atom. The van der Waals surface area contributed by atoms with Crippen LogP contribution in [0.2, 0.25) is 0 Å². The predicted octanol–water partition coefficient (Wildman–Crippen LogP) is 4.17. The van der Waals surface area contributed by atoms with Crippen LogP contribution in [0.4, 0.5) is 11.4 Å². The van der Waals surface area contributed by atoms with Crippen molar-refractivity contribution in [1.82, 2.24) is 10.8 Å². The first kappa shape index (κ1) is 24.1. The Hall–Kier alpha value is -3.19. The second-order valence-electron chi connectivity index (χ2n) is 7.60. The summed E-state index contributed by atoms with van der Waals surface area (Å²) in [5.41, 5.74) is 5.75. The number of unbranched alkanes of at least 4 members (excludes halogenated alkanes) is 3. The fourth-order valence-corrected chi connectivity index (χ4v) is 3.51. The number of para-hydroxylation sites is 1. The van der Waals surface area contributed by atoms with Gasteiger partial charge in [-0.1, -0.05) is 31.0 Å². The second-order valence-corrected chi connectivity index (χ2v) is 7.60. The van der Waals surface area contributed by atoms with Gasteiger partial charge in [0.2, 0.25) is 11.8 Å². The van der Waals surface area contributed by atoms with Crippen molar-refractivity contribution in [2.24, 2.45) is 0 Å². The molecule has 0 aromatic heterocycles. The minimum absolute atomic E-state index is 0.0916. The Balaban J connectivity index is 1.92. The van der Waals surface area contributed by atoms with Crippen molar-refractivity contribution in [3.63, 3.8) is 0 Å². The average molecular weight is 426 g/mol. The van der Waals surface area contributed by atoms with E-state index in [1.54, 1.807) is 34.6 Å². The van der Waals surface area contributed by atoms with Crippen LogP contribution in [0.25, 0.3) is 0 Å². The van der Waals surface area contributed by atoms with Crippen molar-refractivity contribution >= 4 is 29.1 Å². The van der Waals surface area contributed by atoms with Gasteiger partial charge in [-0.3, -0.25) is 24.5 Å². The SMILES string of the molecule is CC(=O)N(c1ccc(C(=O)NCCCCCCC(=O)NO)cc1)c1c(C)cccc1C. The number of rotatable bonds is 10. The molecule has 3 N–H and O–H groups in total. The molecule has 0 bridgehead atoms. The van der Waals surface area contributed by atoms with E-state index in [4.69, 9.17) is 5.21 Å². The Labute approximate surface area is 183 Å². The van der Waals surface area contributed by atoms with Crippen LogP contribution in [-0.2, 0) is 9.59 Å². The number of amides is 3. The van der Waals surface area contributed by atoms with Crippen LogP contribution in [-0.4, -0.2) is 29.5 Å². The molecule has 0 unspecified atom stereocenters. The third-order valence-electron chi connectivity index (χ3n) is 5.11. The lowest BCUT2D eigenvalue weighted by molar-refractivity contribution is -0.129. The fraction of sp³-hybridized carbons (Fsp3) is 0.375. The summed E-state index contributed by atoms with van der Waals surface area (Å²) in [4.78, 5) is 37.4. The molecule has 2 rings (SSSR count). The molecule has 0 atom stereocenters. The van der Waals surface area contributed by atoms with Gasteiger partial charge < -0.3 is 5.32 Å². The van der Waals surface area contributed by atoms with Crippen molar-refractivity contribution in [3.05, 3.63) is 59.2 Å². The zero-order valence-electron chi connectivity index (χ0n) is 18.4. The topological polar surface area (TPSA) is 98.7 Å². The number of hydroxylamine groups is 1. The molecule has 2 aromatic rings. The number of nitrogens with one attached hydrogen (secondary N) is 2. The number of hydrogen-bond donors (Lipinski definition) is 3. The first-order chi connectivity index (χ1) is 14.8. The molecule has 0 aliphatic carbocycles. The molecular weight excluding hydrogens is 394 g/mol. The zero-order valence-corrected chi connectivity index (χ0v) is 18.4. The Morgan fingerprint density at radius 2 is 1.52 bits per heavy atom. The molecular formula is C24H31N3O4. The largest absolute Gasteiger partial charge is 0.352 e. The van der Waals surface area contributed by atoms with Crippen molar-refractivity contribution < 1.29 is 19.6 Å². The summed E-state index contributed by atoms with van der Waals surface area (Å²) in [7, 11) is 0. The fourth-order valence-electron chi connectivity index (χ4n) is 3.51. The average Bonchev–Trinajstić information content (AvgIpc) is 2.75. The minimum atomic E-state index is -0.377. The highest BCUT2D eigenvalue weighted by Gasteiger charge is 2.18. The number of benzene rings is 2. The number of hydrogen-bond acceptors (Lipinski definition) is 4. The van der Waals surface area contributed by atoms with Crippen LogP contribution in [0.5, 0.6) is 0 Å². The van der Waals surface area contributed by atoms with Gasteiger partial charge in [0, 0.05) is 31.1 Å². The highest BCUT2D eigenvalue weighted by Crippen LogP contribution is 2.31. The molecule has 0 saturated heterocycles. The molecule has 0 fully saturated rings. The number of carbonyl (C=O) groups is 3. The van der Waals surface area contributed by atoms with Crippen molar-refractivity contribution in [2.45, 2.75) is 52.9 Å². The van der Waals surface area contributed by atoms with Crippen LogP contribution >= 0.6 is 0 Å². The molecule has 7 heteroatoms. The molecule has 0 aliphatic rings. The van der Waals surface area contributed by atoms with Gasteiger partial charge in [0.25, 0.3) is 5.91 Å². The summed E-state index contributed by atoms with van der Waals surface area (Å²) in [6.07, 6.45) is 3.57. The highest BCUT2D eigenvalue weighted by atomic mass is 16.5. The third kappa shape index (κ3) is 6.93.